The fourth-order valence-corrected chi connectivity index (χ4v) is 1.45. The van der Waals surface area contributed by atoms with Crippen LogP contribution in [0.1, 0.15) is 18.9 Å². The highest BCUT2D eigenvalue weighted by Crippen LogP contribution is 2.08. The third-order valence-corrected chi connectivity index (χ3v) is 2.25. The maximum Gasteiger partial charge on any atom is 0.143 e. The monoisotopic (exact) mass is 233 g/mol. The average Bonchev–Trinajstić information content (AvgIpc) is 2.39. The zero-order valence-corrected chi connectivity index (χ0v) is 10.5. The minimum atomic E-state index is 0.366. The van der Waals surface area contributed by atoms with Crippen LogP contribution in [0.15, 0.2) is 59.9 Å². The largest absolute Gasteiger partial charge is 0.191 e. The van der Waals surface area contributed by atoms with Gasteiger partial charge in [-0.05, 0) is 30.9 Å². The minimum Gasteiger partial charge on any atom is -0.191 e. The van der Waals surface area contributed by atoms with E-state index in [9.17, 15) is 0 Å². The lowest BCUT2D eigenvalue weighted by Crippen LogP contribution is -1.87. The van der Waals surface area contributed by atoms with Crippen molar-refractivity contribution in [2.45, 2.75) is 19.8 Å². The lowest BCUT2D eigenvalue weighted by molar-refractivity contribution is 1.09. The van der Waals surface area contributed by atoms with Crippen molar-refractivity contribution in [3.63, 3.8) is 0 Å². The van der Waals surface area contributed by atoms with E-state index in [1.807, 2.05) is 31.2 Å². The summed E-state index contributed by atoms with van der Waals surface area (Å²) < 4.78 is 0. The molecular weight excluding hydrogens is 218 g/mol. The Morgan fingerprint density at radius 3 is 2.67 bits per heavy atom. The predicted molar refractivity (Wildman–Crippen MR) is 74.6 cm³/mol. The maximum absolute atomic E-state index is 8.76. The van der Waals surface area contributed by atoms with Crippen LogP contribution in [0.25, 0.3) is 0 Å². The van der Waals surface area contributed by atoms with Crippen molar-refractivity contribution in [1.29, 1.82) is 5.26 Å². The molecule has 0 aliphatic heterocycles. The van der Waals surface area contributed by atoms with Gasteiger partial charge in [0.15, 0.2) is 0 Å². The van der Waals surface area contributed by atoms with Gasteiger partial charge in [-0.25, -0.2) is 0 Å². The Labute approximate surface area is 109 Å². The van der Waals surface area contributed by atoms with E-state index >= 15 is 0 Å². The van der Waals surface area contributed by atoms with Crippen molar-refractivity contribution in [3.8, 4) is 17.9 Å². The molecule has 1 heteroatoms. The maximum atomic E-state index is 8.76. The molecule has 1 aromatic rings. The number of nitrogens with zero attached hydrogens (tertiary/aromatic N) is 1. The van der Waals surface area contributed by atoms with Gasteiger partial charge < -0.3 is 0 Å². The molecule has 0 amide bonds. The molecule has 0 unspecified atom stereocenters. The number of benzene rings is 1. The summed E-state index contributed by atoms with van der Waals surface area (Å²) in [5.74, 6) is 5.74. The Morgan fingerprint density at radius 2 is 2.06 bits per heavy atom. The van der Waals surface area contributed by atoms with Crippen LogP contribution in [0.2, 0.25) is 0 Å². The smallest absolute Gasteiger partial charge is 0.143 e. The van der Waals surface area contributed by atoms with E-state index in [2.05, 4.69) is 36.3 Å². The van der Waals surface area contributed by atoms with Gasteiger partial charge >= 0.3 is 0 Å². The van der Waals surface area contributed by atoms with Crippen LogP contribution in [0, 0.1) is 23.2 Å². The molecular formula is C17H15N. The third-order valence-electron chi connectivity index (χ3n) is 2.25. The van der Waals surface area contributed by atoms with Crippen molar-refractivity contribution < 1.29 is 0 Å². The highest BCUT2D eigenvalue weighted by atomic mass is 14.2. The molecule has 0 aliphatic rings. The molecule has 0 atom stereocenters. The molecule has 0 N–H and O–H groups in total. The Hall–Kier alpha value is -2.47. The van der Waals surface area contributed by atoms with Crippen LogP contribution in [-0.4, -0.2) is 0 Å². The summed E-state index contributed by atoms with van der Waals surface area (Å²) in [6.45, 7) is 5.81. The van der Waals surface area contributed by atoms with E-state index in [-0.39, 0.29) is 0 Å². The van der Waals surface area contributed by atoms with Crippen LogP contribution < -0.4 is 0 Å². The van der Waals surface area contributed by atoms with Gasteiger partial charge in [0.25, 0.3) is 0 Å². The highest BCUT2D eigenvalue weighted by Gasteiger charge is 1.94. The predicted octanol–water partition coefficient (Wildman–Crippen LogP) is 3.80. The van der Waals surface area contributed by atoms with Gasteiger partial charge in [0.05, 0.1) is 0 Å². The Morgan fingerprint density at radius 1 is 1.33 bits per heavy atom. The Balaban J connectivity index is 2.56. The van der Waals surface area contributed by atoms with E-state index in [1.165, 1.54) is 5.56 Å². The molecule has 0 aliphatic carbocycles. The lowest BCUT2D eigenvalue weighted by atomic mass is 10.0. The van der Waals surface area contributed by atoms with E-state index in [0.29, 0.717) is 12.0 Å². The molecule has 0 radical (unpaired) electrons. The first-order valence-corrected chi connectivity index (χ1v) is 5.77. The average molecular weight is 233 g/mol. The van der Waals surface area contributed by atoms with Crippen molar-refractivity contribution in [2.75, 3.05) is 0 Å². The summed E-state index contributed by atoms with van der Waals surface area (Å²) in [4.78, 5) is 0. The first kappa shape index (κ1) is 13.6. The molecule has 0 fully saturated rings. The van der Waals surface area contributed by atoms with Gasteiger partial charge in [-0.2, -0.15) is 5.26 Å². The SMILES string of the molecule is C=C(CC#CC(=C=CC)C#N)Cc1ccccc1. The summed E-state index contributed by atoms with van der Waals surface area (Å²) in [7, 11) is 0. The van der Waals surface area contributed by atoms with Gasteiger partial charge in [0.2, 0.25) is 0 Å². The molecule has 0 saturated carbocycles. The molecule has 0 aromatic heterocycles. The molecule has 88 valence electrons. The number of hydrogen-bond acceptors (Lipinski definition) is 1. The van der Waals surface area contributed by atoms with Crippen LogP contribution in [-0.2, 0) is 6.42 Å². The van der Waals surface area contributed by atoms with Crippen molar-refractivity contribution in [2.24, 2.45) is 0 Å². The van der Waals surface area contributed by atoms with Crippen molar-refractivity contribution in [3.05, 3.63) is 65.4 Å². The second-order valence-corrected chi connectivity index (χ2v) is 3.81. The molecule has 0 saturated heterocycles. The summed E-state index contributed by atoms with van der Waals surface area (Å²) in [5.41, 5.74) is 5.43. The molecule has 0 heterocycles. The van der Waals surface area contributed by atoms with E-state index in [4.69, 9.17) is 5.26 Å². The zero-order chi connectivity index (χ0) is 13.2. The third kappa shape index (κ3) is 5.04. The highest BCUT2D eigenvalue weighted by molar-refractivity contribution is 5.40. The zero-order valence-electron chi connectivity index (χ0n) is 10.5. The van der Waals surface area contributed by atoms with Crippen LogP contribution >= 0.6 is 0 Å². The van der Waals surface area contributed by atoms with Crippen LogP contribution in [0.3, 0.4) is 0 Å². The fourth-order valence-electron chi connectivity index (χ4n) is 1.45. The Kier molecular flexibility index (Phi) is 5.85. The number of nitriles is 1. The summed E-state index contributed by atoms with van der Waals surface area (Å²) in [5, 5.41) is 8.76. The van der Waals surface area contributed by atoms with Gasteiger partial charge in [0.1, 0.15) is 11.6 Å². The molecule has 0 spiro atoms. The number of rotatable bonds is 3. The van der Waals surface area contributed by atoms with Gasteiger partial charge in [-0.3, -0.25) is 0 Å². The number of allylic oxidation sites excluding steroid dienone is 2. The standard InChI is InChI=1S/C17H15N/c1-3-8-17(14-18)12-7-9-15(2)13-16-10-5-4-6-11-16/h3-6,10-11H,2,9,13H2,1H3. The molecule has 18 heavy (non-hydrogen) atoms. The van der Waals surface area contributed by atoms with E-state index in [0.717, 1.165) is 12.0 Å². The van der Waals surface area contributed by atoms with Gasteiger partial charge in [-0.1, -0.05) is 54.1 Å². The fraction of sp³-hybridized carbons (Fsp3) is 0.176. The molecule has 1 aromatic carbocycles. The Bertz CT molecular complexity index is 568. The van der Waals surface area contributed by atoms with Crippen LogP contribution in [0.4, 0.5) is 0 Å². The van der Waals surface area contributed by atoms with E-state index < -0.39 is 0 Å². The second-order valence-electron chi connectivity index (χ2n) is 3.81. The molecule has 1 rings (SSSR count). The lowest BCUT2D eigenvalue weighted by Gasteiger charge is -2.00. The molecule has 1 nitrogen and oxygen atoms in total. The summed E-state index contributed by atoms with van der Waals surface area (Å²) in [6.07, 6.45) is 3.11. The number of hydrogen-bond donors (Lipinski definition) is 0. The van der Waals surface area contributed by atoms with Crippen molar-refractivity contribution in [1.82, 2.24) is 0 Å². The van der Waals surface area contributed by atoms with Crippen LogP contribution in [0.5, 0.6) is 0 Å². The van der Waals surface area contributed by atoms with Crippen molar-refractivity contribution >= 4 is 0 Å². The topological polar surface area (TPSA) is 23.8 Å². The van der Waals surface area contributed by atoms with Gasteiger partial charge in [0, 0.05) is 6.42 Å². The summed E-state index contributed by atoms with van der Waals surface area (Å²) >= 11 is 0. The second kappa shape index (κ2) is 7.75. The normalized spacial score (nSPS) is 8.22. The van der Waals surface area contributed by atoms with E-state index in [1.54, 1.807) is 6.08 Å². The first-order valence-electron chi connectivity index (χ1n) is 5.77. The molecule has 0 bridgehead atoms. The first-order chi connectivity index (χ1) is 8.76. The quantitative estimate of drug-likeness (QED) is 0.337. The minimum absolute atomic E-state index is 0.366. The van der Waals surface area contributed by atoms with Gasteiger partial charge in [-0.15, -0.1) is 0 Å². The summed E-state index contributed by atoms with van der Waals surface area (Å²) in [6, 6.07) is 12.1.